The third-order valence-electron chi connectivity index (χ3n) is 2.09. The first-order valence-electron chi connectivity index (χ1n) is 4.75. The summed E-state index contributed by atoms with van der Waals surface area (Å²) in [5.41, 5.74) is 5.85. The minimum absolute atomic E-state index is 0.0967. The van der Waals surface area contributed by atoms with E-state index in [4.69, 9.17) is 17.3 Å². The molecule has 0 saturated heterocycles. The molecule has 0 aliphatic heterocycles. The second-order valence-corrected chi connectivity index (χ2v) is 7.06. The average Bonchev–Trinajstić information content (AvgIpc) is 2.71. The highest BCUT2D eigenvalue weighted by molar-refractivity contribution is 7.94. The van der Waals surface area contributed by atoms with Crippen molar-refractivity contribution in [1.82, 2.24) is 0 Å². The molecule has 0 saturated carbocycles. The third kappa shape index (κ3) is 2.69. The van der Waals surface area contributed by atoms with Crippen molar-refractivity contribution in [2.45, 2.75) is 4.21 Å². The molecular weight excluding hydrogens is 296 g/mol. The first kappa shape index (κ1) is 13.0. The largest absolute Gasteiger partial charge is 0.506 e. The van der Waals surface area contributed by atoms with E-state index in [1.54, 1.807) is 0 Å². The van der Waals surface area contributed by atoms with E-state index in [1.807, 2.05) is 0 Å². The lowest BCUT2D eigenvalue weighted by Crippen LogP contribution is -2.11. The van der Waals surface area contributed by atoms with E-state index in [1.165, 1.54) is 30.3 Å². The summed E-state index contributed by atoms with van der Waals surface area (Å²) >= 11 is 6.64. The second-order valence-electron chi connectivity index (χ2n) is 3.44. The number of nitrogen functional groups attached to an aromatic ring is 1. The van der Waals surface area contributed by atoms with Crippen molar-refractivity contribution in [3.8, 4) is 5.75 Å². The van der Waals surface area contributed by atoms with E-state index < -0.39 is 10.0 Å². The van der Waals surface area contributed by atoms with Crippen molar-refractivity contribution < 1.29 is 13.5 Å². The lowest BCUT2D eigenvalue weighted by molar-refractivity contribution is 0.478. The summed E-state index contributed by atoms with van der Waals surface area (Å²) in [6, 6.07) is 6.99. The zero-order chi connectivity index (χ0) is 13.3. The number of anilines is 2. The molecule has 18 heavy (non-hydrogen) atoms. The Kier molecular flexibility index (Phi) is 3.38. The summed E-state index contributed by atoms with van der Waals surface area (Å²) in [5.74, 6) is -0.0999. The monoisotopic (exact) mass is 304 g/mol. The summed E-state index contributed by atoms with van der Waals surface area (Å²) < 4.78 is 26.7. The summed E-state index contributed by atoms with van der Waals surface area (Å²) in [6.45, 7) is 0. The minimum Gasteiger partial charge on any atom is -0.506 e. The van der Waals surface area contributed by atoms with Crippen LogP contribution in [0, 0.1) is 0 Å². The van der Waals surface area contributed by atoms with Crippen LogP contribution in [0.4, 0.5) is 11.4 Å². The van der Waals surface area contributed by atoms with Crippen LogP contribution in [0.2, 0.25) is 4.34 Å². The number of sulfonamides is 1. The molecule has 0 fully saturated rings. The predicted molar refractivity (Wildman–Crippen MR) is 72.7 cm³/mol. The van der Waals surface area contributed by atoms with Gasteiger partial charge in [-0.2, -0.15) is 0 Å². The molecule has 0 atom stereocenters. The van der Waals surface area contributed by atoms with Gasteiger partial charge in [-0.15, -0.1) is 11.3 Å². The quantitative estimate of drug-likeness (QED) is 0.461. The first-order valence-corrected chi connectivity index (χ1v) is 7.43. The van der Waals surface area contributed by atoms with Gasteiger partial charge in [-0.25, -0.2) is 8.42 Å². The van der Waals surface area contributed by atoms with Gasteiger partial charge >= 0.3 is 0 Å². The van der Waals surface area contributed by atoms with Crippen LogP contribution in [0.25, 0.3) is 0 Å². The van der Waals surface area contributed by atoms with Gasteiger partial charge < -0.3 is 10.8 Å². The van der Waals surface area contributed by atoms with E-state index in [0.717, 1.165) is 11.3 Å². The molecule has 0 bridgehead atoms. The van der Waals surface area contributed by atoms with Crippen molar-refractivity contribution in [2.24, 2.45) is 0 Å². The molecule has 0 unspecified atom stereocenters. The molecule has 5 nitrogen and oxygen atoms in total. The predicted octanol–water partition coefficient (Wildman–Crippen LogP) is 2.49. The van der Waals surface area contributed by atoms with E-state index in [9.17, 15) is 13.5 Å². The normalized spacial score (nSPS) is 11.4. The molecule has 1 aromatic carbocycles. The fourth-order valence-electron chi connectivity index (χ4n) is 1.27. The molecule has 0 amide bonds. The Morgan fingerprint density at radius 2 is 2.00 bits per heavy atom. The van der Waals surface area contributed by atoms with Crippen molar-refractivity contribution >= 4 is 44.3 Å². The van der Waals surface area contributed by atoms with Crippen LogP contribution in [0.5, 0.6) is 5.75 Å². The zero-order valence-electron chi connectivity index (χ0n) is 8.92. The Balaban J connectivity index is 2.30. The van der Waals surface area contributed by atoms with Gasteiger partial charge in [0.2, 0.25) is 0 Å². The number of hydrogen-bond acceptors (Lipinski definition) is 5. The van der Waals surface area contributed by atoms with Gasteiger partial charge in [-0.1, -0.05) is 11.6 Å². The lowest BCUT2D eigenvalue weighted by atomic mass is 10.3. The van der Waals surface area contributed by atoms with Gasteiger partial charge in [0.15, 0.2) is 0 Å². The van der Waals surface area contributed by atoms with Crippen LogP contribution in [0.15, 0.2) is 34.5 Å². The van der Waals surface area contributed by atoms with Gasteiger partial charge in [0, 0.05) is 0 Å². The van der Waals surface area contributed by atoms with Gasteiger partial charge in [-0.05, 0) is 30.3 Å². The summed E-state index contributed by atoms with van der Waals surface area (Å²) in [6.07, 6.45) is 0. The van der Waals surface area contributed by atoms with Crippen LogP contribution < -0.4 is 10.5 Å². The summed E-state index contributed by atoms with van der Waals surface area (Å²) in [4.78, 5) is 0. The maximum Gasteiger partial charge on any atom is 0.271 e. The second kappa shape index (κ2) is 4.68. The first-order chi connectivity index (χ1) is 8.38. The van der Waals surface area contributed by atoms with Gasteiger partial charge in [0.05, 0.1) is 15.7 Å². The highest BCUT2D eigenvalue weighted by Crippen LogP contribution is 2.29. The molecule has 1 heterocycles. The Hall–Kier alpha value is -1.44. The number of hydrogen-bond donors (Lipinski definition) is 3. The van der Waals surface area contributed by atoms with Crippen molar-refractivity contribution in [3.63, 3.8) is 0 Å². The molecule has 96 valence electrons. The minimum atomic E-state index is -3.68. The van der Waals surface area contributed by atoms with Gasteiger partial charge in [0.25, 0.3) is 10.0 Å². The molecule has 0 spiro atoms. The fourth-order valence-corrected chi connectivity index (χ4v) is 3.80. The average molecular weight is 305 g/mol. The molecule has 1 aromatic heterocycles. The number of rotatable bonds is 3. The number of nitrogens with one attached hydrogen (secondary N) is 1. The van der Waals surface area contributed by atoms with Crippen molar-refractivity contribution in [3.05, 3.63) is 34.7 Å². The van der Waals surface area contributed by atoms with Gasteiger partial charge in [0.1, 0.15) is 9.96 Å². The Morgan fingerprint density at radius 1 is 1.28 bits per heavy atom. The van der Waals surface area contributed by atoms with Crippen molar-refractivity contribution in [2.75, 3.05) is 10.5 Å². The number of phenolic OH excluding ortho intramolecular Hbond substituents is 1. The standard InChI is InChI=1S/C10H9ClN2O3S2/c11-9-3-4-10(17-9)18(15,16)13-6-1-2-8(14)7(12)5-6/h1-5,13-14H,12H2. The SMILES string of the molecule is Nc1cc(NS(=O)(=O)c2ccc(Cl)s2)ccc1O. The Labute approximate surface area is 113 Å². The van der Waals surface area contributed by atoms with Crippen LogP contribution in [-0.2, 0) is 10.0 Å². The van der Waals surface area contributed by atoms with Crippen LogP contribution in [0.1, 0.15) is 0 Å². The van der Waals surface area contributed by atoms with Crippen LogP contribution in [-0.4, -0.2) is 13.5 Å². The van der Waals surface area contributed by atoms with Crippen LogP contribution in [0.3, 0.4) is 0 Å². The highest BCUT2D eigenvalue weighted by Gasteiger charge is 2.17. The highest BCUT2D eigenvalue weighted by atomic mass is 35.5. The van der Waals surface area contributed by atoms with E-state index in [2.05, 4.69) is 4.72 Å². The van der Waals surface area contributed by atoms with E-state index in [-0.39, 0.29) is 21.3 Å². The number of phenols is 1. The summed E-state index contributed by atoms with van der Waals surface area (Å²) in [7, 11) is -3.68. The molecule has 2 aromatic rings. The Morgan fingerprint density at radius 3 is 2.56 bits per heavy atom. The number of aromatic hydroxyl groups is 1. The summed E-state index contributed by atoms with van der Waals surface area (Å²) in [5, 5.41) is 9.24. The molecular formula is C10H9ClN2O3S2. The number of benzene rings is 1. The molecule has 0 aliphatic rings. The molecule has 0 radical (unpaired) electrons. The number of halogens is 1. The molecule has 8 heteroatoms. The topological polar surface area (TPSA) is 92.4 Å². The maximum atomic E-state index is 11.9. The van der Waals surface area contributed by atoms with E-state index >= 15 is 0 Å². The van der Waals surface area contributed by atoms with E-state index in [0.29, 0.717) is 4.34 Å². The smallest absolute Gasteiger partial charge is 0.271 e. The van der Waals surface area contributed by atoms with Gasteiger partial charge in [-0.3, -0.25) is 4.72 Å². The lowest BCUT2D eigenvalue weighted by Gasteiger charge is -2.07. The molecule has 2 rings (SSSR count). The maximum absolute atomic E-state index is 11.9. The third-order valence-corrected chi connectivity index (χ3v) is 5.20. The number of thiophene rings is 1. The fraction of sp³-hybridized carbons (Fsp3) is 0. The zero-order valence-corrected chi connectivity index (χ0v) is 11.3. The number of nitrogens with two attached hydrogens (primary N) is 1. The van der Waals surface area contributed by atoms with Crippen molar-refractivity contribution in [1.29, 1.82) is 0 Å². The van der Waals surface area contributed by atoms with Crippen LogP contribution >= 0.6 is 22.9 Å². The molecule has 0 aliphatic carbocycles. The Bertz CT molecular complexity index is 682. The molecule has 4 N–H and O–H groups in total.